The Bertz CT molecular complexity index is 612. The largest absolute Gasteiger partial charge is 0.387 e. The standard InChI is InChI=1S/C15H18FN3O2/c1-19-10-4-7-13(19)14(20)8-9-17-15(21)18-12-6-3-2-5-11(12)16/h2-7,10,14,20H,8-9H2,1H3,(H2,17,18,21). The first-order valence-electron chi connectivity index (χ1n) is 6.66. The lowest BCUT2D eigenvalue weighted by atomic mass is 10.2. The Kier molecular flexibility index (Phi) is 4.94. The molecule has 0 radical (unpaired) electrons. The number of carbonyl (C=O) groups excluding carboxylic acids is 1. The molecule has 0 saturated heterocycles. The van der Waals surface area contributed by atoms with Gasteiger partial charge in [0.15, 0.2) is 0 Å². The molecule has 2 aromatic rings. The van der Waals surface area contributed by atoms with E-state index in [0.717, 1.165) is 5.69 Å². The number of para-hydroxylation sites is 1. The Morgan fingerprint density at radius 2 is 2.10 bits per heavy atom. The van der Waals surface area contributed by atoms with Gasteiger partial charge in [-0.3, -0.25) is 0 Å². The number of carbonyl (C=O) groups is 1. The zero-order chi connectivity index (χ0) is 15.2. The first-order chi connectivity index (χ1) is 10.1. The highest BCUT2D eigenvalue weighted by molar-refractivity contribution is 5.89. The second kappa shape index (κ2) is 6.90. The lowest BCUT2D eigenvalue weighted by Crippen LogP contribution is -2.30. The van der Waals surface area contributed by atoms with Crippen molar-refractivity contribution in [2.45, 2.75) is 12.5 Å². The van der Waals surface area contributed by atoms with E-state index in [1.165, 1.54) is 12.1 Å². The number of amides is 2. The first-order valence-corrected chi connectivity index (χ1v) is 6.66. The van der Waals surface area contributed by atoms with Gasteiger partial charge in [0.25, 0.3) is 0 Å². The Morgan fingerprint density at radius 1 is 1.33 bits per heavy atom. The van der Waals surface area contributed by atoms with Crippen LogP contribution < -0.4 is 10.6 Å². The molecule has 0 fully saturated rings. The Hall–Kier alpha value is -2.34. The molecule has 2 rings (SSSR count). The second-order valence-corrected chi connectivity index (χ2v) is 4.71. The van der Waals surface area contributed by atoms with Crippen LogP contribution in [-0.2, 0) is 7.05 Å². The van der Waals surface area contributed by atoms with Crippen LogP contribution in [0.15, 0.2) is 42.6 Å². The number of aryl methyl sites for hydroxylation is 1. The van der Waals surface area contributed by atoms with E-state index in [0.29, 0.717) is 6.42 Å². The summed E-state index contributed by atoms with van der Waals surface area (Å²) in [6.45, 7) is 0.284. The first kappa shape index (κ1) is 15.1. The highest BCUT2D eigenvalue weighted by atomic mass is 19.1. The van der Waals surface area contributed by atoms with Crippen LogP contribution in [0.25, 0.3) is 0 Å². The van der Waals surface area contributed by atoms with E-state index in [1.54, 1.807) is 12.1 Å². The molecular weight excluding hydrogens is 273 g/mol. The summed E-state index contributed by atoms with van der Waals surface area (Å²) >= 11 is 0. The van der Waals surface area contributed by atoms with E-state index < -0.39 is 18.0 Å². The third-order valence-electron chi connectivity index (χ3n) is 3.15. The van der Waals surface area contributed by atoms with Gasteiger partial charge in [0.1, 0.15) is 5.82 Å². The van der Waals surface area contributed by atoms with Crippen LogP contribution in [-0.4, -0.2) is 22.2 Å². The summed E-state index contributed by atoms with van der Waals surface area (Å²) in [5.41, 5.74) is 0.907. The Labute approximate surface area is 122 Å². The normalized spacial score (nSPS) is 12.0. The third kappa shape index (κ3) is 4.06. The molecule has 1 heterocycles. The zero-order valence-corrected chi connectivity index (χ0v) is 11.7. The fourth-order valence-corrected chi connectivity index (χ4v) is 2.02. The molecule has 0 aliphatic rings. The molecule has 112 valence electrons. The molecule has 6 heteroatoms. The molecular formula is C15H18FN3O2. The number of hydrogen-bond donors (Lipinski definition) is 3. The van der Waals surface area contributed by atoms with Gasteiger partial charge in [-0.2, -0.15) is 0 Å². The molecule has 1 unspecified atom stereocenters. The lowest BCUT2D eigenvalue weighted by molar-refractivity contribution is 0.159. The zero-order valence-electron chi connectivity index (χ0n) is 11.7. The maximum atomic E-state index is 13.3. The van der Waals surface area contributed by atoms with Crippen molar-refractivity contribution in [3.05, 3.63) is 54.1 Å². The SMILES string of the molecule is Cn1cccc1C(O)CCNC(=O)Nc1ccccc1F. The number of rotatable bonds is 5. The molecule has 0 spiro atoms. The number of aliphatic hydroxyl groups excluding tert-OH is 1. The van der Waals surface area contributed by atoms with Crippen molar-refractivity contribution in [3.8, 4) is 0 Å². The lowest BCUT2D eigenvalue weighted by Gasteiger charge is -2.13. The van der Waals surface area contributed by atoms with E-state index in [2.05, 4.69) is 10.6 Å². The van der Waals surface area contributed by atoms with Crippen LogP contribution >= 0.6 is 0 Å². The molecule has 21 heavy (non-hydrogen) atoms. The average molecular weight is 291 g/mol. The Morgan fingerprint density at radius 3 is 2.76 bits per heavy atom. The van der Waals surface area contributed by atoms with Crippen LogP contribution in [0.4, 0.5) is 14.9 Å². The highest BCUT2D eigenvalue weighted by Crippen LogP contribution is 2.15. The van der Waals surface area contributed by atoms with Crippen molar-refractivity contribution >= 4 is 11.7 Å². The smallest absolute Gasteiger partial charge is 0.319 e. The van der Waals surface area contributed by atoms with Gasteiger partial charge >= 0.3 is 6.03 Å². The summed E-state index contributed by atoms with van der Waals surface area (Å²) in [6, 6.07) is 9.11. The van der Waals surface area contributed by atoms with E-state index in [4.69, 9.17) is 0 Å². The molecule has 1 aromatic heterocycles. The van der Waals surface area contributed by atoms with Gasteiger partial charge in [-0.1, -0.05) is 12.1 Å². The van der Waals surface area contributed by atoms with Crippen LogP contribution in [0, 0.1) is 5.82 Å². The van der Waals surface area contributed by atoms with Gasteiger partial charge in [-0.15, -0.1) is 0 Å². The quantitative estimate of drug-likeness (QED) is 0.792. The minimum absolute atomic E-state index is 0.123. The topological polar surface area (TPSA) is 66.3 Å². The van der Waals surface area contributed by atoms with Crippen molar-refractivity contribution in [1.29, 1.82) is 0 Å². The number of hydrogen-bond acceptors (Lipinski definition) is 2. The third-order valence-corrected chi connectivity index (χ3v) is 3.15. The predicted molar refractivity (Wildman–Crippen MR) is 78.4 cm³/mol. The maximum Gasteiger partial charge on any atom is 0.319 e. The number of aliphatic hydroxyl groups is 1. The van der Waals surface area contributed by atoms with Crippen molar-refractivity contribution in [1.82, 2.24) is 9.88 Å². The molecule has 5 nitrogen and oxygen atoms in total. The summed E-state index contributed by atoms with van der Waals surface area (Å²) < 4.78 is 15.2. The molecule has 0 aliphatic carbocycles. The van der Waals surface area contributed by atoms with Crippen LogP contribution in [0.5, 0.6) is 0 Å². The summed E-state index contributed by atoms with van der Waals surface area (Å²) in [5.74, 6) is -0.489. The van der Waals surface area contributed by atoms with Crippen LogP contribution in [0.3, 0.4) is 0 Å². The fourth-order valence-electron chi connectivity index (χ4n) is 2.02. The molecule has 1 atom stereocenters. The molecule has 0 bridgehead atoms. The van der Waals surface area contributed by atoms with Gasteiger partial charge in [-0.05, 0) is 30.7 Å². The van der Waals surface area contributed by atoms with Crippen molar-refractivity contribution in [3.63, 3.8) is 0 Å². The van der Waals surface area contributed by atoms with Gasteiger partial charge in [0.2, 0.25) is 0 Å². The number of nitrogens with one attached hydrogen (secondary N) is 2. The highest BCUT2D eigenvalue weighted by Gasteiger charge is 2.11. The molecule has 0 aliphatic heterocycles. The number of halogens is 1. The van der Waals surface area contributed by atoms with Crippen molar-refractivity contribution in [2.75, 3.05) is 11.9 Å². The summed E-state index contributed by atoms with van der Waals surface area (Å²) in [7, 11) is 1.84. The number of urea groups is 1. The number of benzene rings is 1. The van der Waals surface area contributed by atoms with Crippen LogP contribution in [0.1, 0.15) is 18.2 Å². The van der Waals surface area contributed by atoms with E-state index in [9.17, 15) is 14.3 Å². The molecule has 1 aromatic carbocycles. The minimum atomic E-state index is -0.654. The maximum absolute atomic E-state index is 13.3. The van der Waals surface area contributed by atoms with Crippen molar-refractivity contribution in [2.24, 2.45) is 7.05 Å². The van der Waals surface area contributed by atoms with Gasteiger partial charge in [-0.25, -0.2) is 9.18 Å². The molecule has 2 amide bonds. The molecule has 0 saturated carbocycles. The number of aromatic nitrogens is 1. The van der Waals surface area contributed by atoms with Gasteiger partial charge in [0.05, 0.1) is 11.8 Å². The van der Waals surface area contributed by atoms with Gasteiger partial charge in [0, 0.05) is 25.5 Å². The van der Waals surface area contributed by atoms with Crippen molar-refractivity contribution < 1.29 is 14.3 Å². The number of anilines is 1. The molecule has 3 N–H and O–H groups in total. The summed E-state index contributed by atoms with van der Waals surface area (Å²) in [5, 5.41) is 15.0. The number of nitrogens with zero attached hydrogens (tertiary/aromatic N) is 1. The van der Waals surface area contributed by atoms with Crippen LogP contribution in [0.2, 0.25) is 0 Å². The minimum Gasteiger partial charge on any atom is -0.387 e. The summed E-state index contributed by atoms with van der Waals surface area (Å²) in [6.07, 6.45) is 1.57. The second-order valence-electron chi connectivity index (χ2n) is 4.71. The van der Waals surface area contributed by atoms with Gasteiger partial charge < -0.3 is 20.3 Å². The fraction of sp³-hybridized carbons (Fsp3) is 0.267. The summed E-state index contributed by atoms with van der Waals surface area (Å²) in [4.78, 5) is 11.6. The van der Waals surface area contributed by atoms with E-state index >= 15 is 0 Å². The van der Waals surface area contributed by atoms with E-state index in [-0.39, 0.29) is 12.2 Å². The monoisotopic (exact) mass is 291 g/mol. The Balaban J connectivity index is 1.77. The average Bonchev–Trinajstić information content (AvgIpc) is 2.87. The van der Waals surface area contributed by atoms with E-state index in [1.807, 2.05) is 29.9 Å². The predicted octanol–water partition coefficient (Wildman–Crippen LogP) is 2.41.